The maximum Gasteiger partial charge on any atom is 0.418 e. The molecule has 9 heteroatoms. The van der Waals surface area contributed by atoms with Crippen LogP contribution in [0, 0.1) is 11.3 Å². The van der Waals surface area contributed by atoms with Gasteiger partial charge in [-0.2, -0.15) is 18.4 Å². The SMILES string of the molecule is CCc1ccc2nc(NCCNC(=O)Nc3ccccc3C(F)(F)F)c(C#N)cc2c1. The Morgan fingerprint density at radius 1 is 1.13 bits per heavy atom. The molecule has 160 valence electrons. The normalized spacial score (nSPS) is 11.1. The number of para-hydroxylation sites is 1. The number of carbonyl (C=O) groups excluding carboxylic acids is 1. The number of nitriles is 1. The highest BCUT2D eigenvalue weighted by Gasteiger charge is 2.33. The monoisotopic (exact) mass is 427 g/mol. The molecule has 3 rings (SSSR count). The molecule has 2 amide bonds. The lowest BCUT2D eigenvalue weighted by Gasteiger charge is -2.14. The van der Waals surface area contributed by atoms with Crippen LogP contribution >= 0.6 is 0 Å². The zero-order valence-electron chi connectivity index (χ0n) is 16.7. The topological polar surface area (TPSA) is 89.8 Å². The average molecular weight is 427 g/mol. The minimum atomic E-state index is -4.57. The van der Waals surface area contributed by atoms with Crippen LogP contribution < -0.4 is 16.0 Å². The largest absolute Gasteiger partial charge is 0.418 e. The Bertz CT molecular complexity index is 1140. The number of alkyl halides is 3. The van der Waals surface area contributed by atoms with Gasteiger partial charge < -0.3 is 16.0 Å². The molecule has 0 atom stereocenters. The van der Waals surface area contributed by atoms with E-state index in [4.69, 9.17) is 0 Å². The van der Waals surface area contributed by atoms with E-state index < -0.39 is 17.8 Å². The maximum absolute atomic E-state index is 13.0. The molecule has 0 aliphatic heterocycles. The van der Waals surface area contributed by atoms with Crippen LogP contribution in [0.1, 0.15) is 23.6 Å². The molecule has 0 spiro atoms. The van der Waals surface area contributed by atoms with Gasteiger partial charge in [0.25, 0.3) is 0 Å². The van der Waals surface area contributed by atoms with E-state index in [1.165, 1.54) is 18.2 Å². The number of amides is 2. The lowest BCUT2D eigenvalue weighted by molar-refractivity contribution is -0.136. The molecular formula is C22H20F3N5O. The van der Waals surface area contributed by atoms with E-state index in [2.05, 4.69) is 27.0 Å². The predicted octanol–water partition coefficient (Wildman–Crippen LogP) is 4.92. The molecule has 0 aliphatic carbocycles. The molecule has 0 radical (unpaired) electrons. The molecule has 1 heterocycles. The van der Waals surface area contributed by atoms with Crippen molar-refractivity contribution in [2.24, 2.45) is 0 Å². The van der Waals surface area contributed by atoms with Crippen LogP contribution in [0.25, 0.3) is 10.9 Å². The summed E-state index contributed by atoms with van der Waals surface area (Å²) in [5, 5.41) is 17.9. The number of urea groups is 1. The summed E-state index contributed by atoms with van der Waals surface area (Å²) in [7, 11) is 0. The lowest BCUT2D eigenvalue weighted by Crippen LogP contribution is -2.33. The standard InChI is InChI=1S/C22H20F3N5O/c1-2-14-7-8-18-15(11-14)12-16(13-26)20(29-18)27-9-10-28-21(31)30-19-6-4-3-5-17(19)22(23,24)25/h3-8,11-12H,2,9-10H2,1H3,(H,27,29)(H2,28,30,31). The molecule has 0 bridgehead atoms. The highest BCUT2D eigenvalue weighted by molar-refractivity contribution is 5.90. The third kappa shape index (κ3) is 5.42. The zero-order chi connectivity index (χ0) is 22.4. The van der Waals surface area contributed by atoms with Crippen LogP contribution in [-0.4, -0.2) is 24.1 Å². The van der Waals surface area contributed by atoms with Gasteiger partial charge in [-0.25, -0.2) is 9.78 Å². The molecule has 2 aromatic carbocycles. The first-order chi connectivity index (χ1) is 14.8. The average Bonchev–Trinajstić information content (AvgIpc) is 2.75. The third-order valence-electron chi connectivity index (χ3n) is 4.59. The van der Waals surface area contributed by atoms with E-state index in [-0.39, 0.29) is 18.8 Å². The Hall–Kier alpha value is -3.80. The van der Waals surface area contributed by atoms with Crippen LogP contribution in [0.2, 0.25) is 0 Å². The van der Waals surface area contributed by atoms with Crippen molar-refractivity contribution in [1.82, 2.24) is 10.3 Å². The summed E-state index contributed by atoms with van der Waals surface area (Å²) in [6, 6.07) is 13.7. The van der Waals surface area contributed by atoms with Gasteiger partial charge in [-0.3, -0.25) is 0 Å². The van der Waals surface area contributed by atoms with Crippen molar-refractivity contribution in [3.05, 3.63) is 65.2 Å². The van der Waals surface area contributed by atoms with Gasteiger partial charge in [-0.1, -0.05) is 25.1 Å². The van der Waals surface area contributed by atoms with Crippen LogP contribution in [0.3, 0.4) is 0 Å². The number of fused-ring (bicyclic) bond motifs is 1. The van der Waals surface area contributed by atoms with Crippen molar-refractivity contribution in [1.29, 1.82) is 5.26 Å². The van der Waals surface area contributed by atoms with E-state index >= 15 is 0 Å². The summed E-state index contributed by atoms with van der Waals surface area (Å²) in [5.74, 6) is 0.379. The van der Waals surface area contributed by atoms with E-state index in [9.17, 15) is 23.2 Å². The first-order valence-electron chi connectivity index (χ1n) is 9.60. The number of nitrogens with one attached hydrogen (secondary N) is 3. The minimum Gasteiger partial charge on any atom is -0.367 e. The maximum atomic E-state index is 13.0. The van der Waals surface area contributed by atoms with Crippen molar-refractivity contribution in [3.8, 4) is 6.07 Å². The smallest absolute Gasteiger partial charge is 0.367 e. The number of nitrogens with zero attached hydrogens (tertiary/aromatic N) is 2. The molecule has 31 heavy (non-hydrogen) atoms. The number of pyridine rings is 1. The highest BCUT2D eigenvalue weighted by Crippen LogP contribution is 2.34. The number of hydrogen-bond donors (Lipinski definition) is 3. The summed E-state index contributed by atoms with van der Waals surface area (Å²) in [6.07, 6.45) is -3.70. The number of carbonyl (C=O) groups is 1. The van der Waals surface area contributed by atoms with Gasteiger partial charge in [0.15, 0.2) is 0 Å². The number of anilines is 2. The predicted molar refractivity (Wildman–Crippen MR) is 113 cm³/mol. The van der Waals surface area contributed by atoms with Gasteiger partial charge in [-0.05, 0) is 42.3 Å². The van der Waals surface area contributed by atoms with Gasteiger partial charge in [0.2, 0.25) is 0 Å². The fraction of sp³-hybridized carbons (Fsp3) is 0.227. The molecule has 6 nitrogen and oxygen atoms in total. The Labute approximate surface area is 177 Å². The van der Waals surface area contributed by atoms with Gasteiger partial charge in [0, 0.05) is 18.5 Å². The first kappa shape index (κ1) is 21.9. The van der Waals surface area contributed by atoms with Crippen LogP contribution in [0.15, 0.2) is 48.5 Å². The quantitative estimate of drug-likeness (QED) is 0.487. The molecular weight excluding hydrogens is 407 g/mol. The van der Waals surface area contributed by atoms with E-state index in [0.717, 1.165) is 29.0 Å². The number of rotatable bonds is 6. The fourth-order valence-corrected chi connectivity index (χ4v) is 3.03. The van der Waals surface area contributed by atoms with E-state index in [1.54, 1.807) is 6.07 Å². The van der Waals surface area contributed by atoms with Crippen molar-refractivity contribution >= 4 is 28.4 Å². The number of benzene rings is 2. The van der Waals surface area contributed by atoms with E-state index in [1.807, 2.05) is 25.1 Å². The number of aryl methyl sites for hydroxylation is 1. The second kappa shape index (κ2) is 9.34. The Balaban J connectivity index is 1.59. The van der Waals surface area contributed by atoms with Crippen LogP contribution in [0.4, 0.5) is 29.5 Å². The number of halogens is 3. The summed E-state index contributed by atoms with van der Waals surface area (Å²) in [4.78, 5) is 16.4. The van der Waals surface area contributed by atoms with Crippen molar-refractivity contribution in [3.63, 3.8) is 0 Å². The van der Waals surface area contributed by atoms with Gasteiger partial charge in [0.1, 0.15) is 11.9 Å². The van der Waals surface area contributed by atoms with Gasteiger partial charge >= 0.3 is 12.2 Å². The summed E-state index contributed by atoms with van der Waals surface area (Å²) < 4.78 is 39.0. The molecule has 3 N–H and O–H groups in total. The number of hydrogen-bond acceptors (Lipinski definition) is 4. The minimum absolute atomic E-state index is 0.110. The lowest BCUT2D eigenvalue weighted by atomic mass is 10.1. The number of aromatic nitrogens is 1. The summed E-state index contributed by atoms with van der Waals surface area (Å²) in [5.41, 5.74) is 0.988. The van der Waals surface area contributed by atoms with Gasteiger partial charge in [0.05, 0.1) is 22.3 Å². The van der Waals surface area contributed by atoms with Gasteiger partial charge in [-0.15, -0.1) is 0 Å². The van der Waals surface area contributed by atoms with Crippen LogP contribution in [0.5, 0.6) is 0 Å². The fourth-order valence-electron chi connectivity index (χ4n) is 3.03. The molecule has 1 aromatic heterocycles. The third-order valence-corrected chi connectivity index (χ3v) is 4.59. The molecule has 0 unspecified atom stereocenters. The molecule has 3 aromatic rings. The van der Waals surface area contributed by atoms with Crippen LogP contribution in [-0.2, 0) is 12.6 Å². The summed E-state index contributed by atoms with van der Waals surface area (Å²) in [6.45, 7) is 2.38. The molecule has 0 saturated heterocycles. The second-order valence-corrected chi connectivity index (χ2v) is 6.73. The molecule has 0 saturated carbocycles. The van der Waals surface area contributed by atoms with Crippen molar-refractivity contribution in [2.45, 2.75) is 19.5 Å². The van der Waals surface area contributed by atoms with Crippen molar-refractivity contribution < 1.29 is 18.0 Å². The highest BCUT2D eigenvalue weighted by atomic mass is 19.4. The molecule has 0 fully saturated rings. The Kier molecular flexibility index (Phi) is 6.60. The van der Waals surface area contributed by atoms with E-state index in [0.29, 0.717) is 11.4 Å². The van der Waals surface area contributed by atoms with Crippen molar-refractivity contribution in [2.75, 3.05) is 23.7 Å². The Morgan fingerprint density at radius 2 is 1.90 bits per heavy atom. The Morgan fingerprint density at radius 3 is 2.61 bits per heavy atom. The summed E-state index contributed by atoms with van der Waals surface area (Å²) >= 11 is 0. The molecule has 0 aliphatic rings. The second-order valence-electron chi connectivity index (χ2n) is 6.73. The first-order valence-corrected chi connectivity index (χ1v) is 9.60. The zero-order valence-corrected chi connectivity index (χ0v) is 16.7.